The minimum absolute atomic E-state index is 0.213. The van der Waals surface area contributed by atoms with E-state index < -0.39 is 6.04 Å². The summed E-state index contributed by atoms with van der Waals surface area (Å²) >= 11 is 0. The van der Waals surface area contributed by atoms with Crippen LogP contribution in [0.15, 0.2) is 24.8 Å². The molecule has 2 aromatic heterocycles. The summed E-state index contributed by atoms with van der Waals surface area (Å²) in [4.78, 5) is 18.8. The number of nitrogens with two attached hydrogens (primary N) is 1. The summed E-state index contributed by atoms with van der Waals surface area (Å²) in [5.74, 6) is 0.625. The molecule has 7 nitrogen and oxygen atoms in total. The third kappa shape index (κ3) is 2.95. The van der Waals surface area contributed by atoms with Crippen molar-refractivity contribution >= 4 is 5.91 Å². The first-order valence-electron chi connectivity index (χ1n) is 5.67. The number of carbonyl (C=O) groups excluding carboxylic acids is 1. The average Bonchev–Trinajstić information content (AvgIpc) is 2.99. The summed E-state index contributed by atoms with van der Waals surface area (Å²) in [6.07, 6.45) is 7.41. The molecule has 0 spiro atoms. The van der Waals surface area contributed by atoms with E-state index in [0.29, 0.717) is 18.5 Å². The summed E-state index contributed by atoms with van der Waals surface area (Å²) in [5, 5.41) is 6.75. The van der Waals surface area contributed by atoms with Crippen LogP contribution in [0.2, 0.25) is 0 Å². The van der Waals surface area contributed by atoms with Gasteiger partial charge in [-0.2, -0.15) is 5.10 Å². The summed E-state index contributed by atoms with van der Waals surface area (Å²) in [7, 11) is 1.78. The molecule has 0 bridgehead atoms. The first-order chi connectivity index (χ1) is 8.66. The standard InChI is InChI=1S/C11H16N6O/c1-17-7-8(6-16-17)10(12)11(18)15-3-2-9-13-4-5-14-9/h4-7,10H,2-3,12H2,1H3,(H,13,14)(H,15,18). The third-order valence-electron chi connectivity index (χ3n) is 2.58. The van der Waals surface area contributed by atoms with Gasteiger partial charge in [0.25, 0.3) is 0 Å². The van der Waals surface area contributed by atoms with Crippen LogP contribution < -0.4 is 11.1 Å². The van der Waals surface area contributed by atoms with Crippen LogP contribution in [0.25, 0.3) is 0 Å². The van der Waals surface area contributed by atoms with Crippen molar-refractivity contribution < 1.29 is 4.79 Å². The van der Waals surface area contributed by atoms with Crippen LogP contribution in [0.4, 0.5) is 0 Å². The lowest BCUT2D eigenvalue weighted by atomic mass is 10.1. The van der Waals surface area contributed by atoms with E-state index in [-0.39, 0.29) is 5.91 Å². The zero-order valence-corrected chi connectivity index (χ0v) is 10.1. The number of aromatic amines is 1. The molecule has 2 heterocycles. The van der Waals surface area contributed by atoms with Gasteiger partial charge in [-0.15, -0.1) is 0 Å². The van der Waals surface area contributed by atoms with E-state index in [2.05, 4.69) is 20.4 Å². The molecule has 96 valence electrons. The van der Waals surface area contributed by atoms with Crippen LogP contribution in [0.1, 0.15) is 17.4 Å². The first-order valence-corrected chi connectivity index (χ1v) is 5.67. The Morgan fingerprint density at radius 1 is 1.67 bits per heavy atom. The number of hydrogen-bond donors (Lipinski definition) is 3. The Hall–Kier alpha value is -2.15. The highest BCUT2D eigenvalue weighted by Crippen LogP contribution is 2.07. The monoisotopic (exact) mass is 248 g/mol. The molecule has 1 atom stereocenters. The molecule has 0 aliphatic heterocycles. The highest BCUT2D eigenvalue weighted by atomic mass is 16.2. The Morgan fingerprint density at radius 2 is 2.50 bits per heavy atom. The Kier molecular flexibility index (Phi) is 3.73. The van der Waals surface area contributed by atoms with Crippen molar-refractivity contribution in [1.82, 2.24) is 25.1 Å². The Labute approximate surface area is 104 Å². The fraction of sp³-hybridized carbons (Fsp3) is 0.364. The number of hydrogen-bond acceptors (Lipinski definition) is 4. The third-order valence-corrected chi connectivity index (χ3v) is 2.58. The molecule has 0 saturated carbocycles. The van der Waals surface area contributed by atoms with Crippen molar-refractivity contribution in [2.75, 3.05) is 6.54 Å². The van der Waals surface area contributed by atoms with E-state index >= 15 is 0 Å². The number of rotatable bonds is 5. The number of aromatic nitrogens is 4. The number of amides is 1. The number of H-pyrrole nitrogens is 1. The van der Waals surface area contributed by atoms with Gasteiger partial charge in [0, 0.05) is 44.2 Å². The topological polar surface area (TPSA) is 102 Å². The fourth-order valence-corrected chi connectivity index (χ4v) is 1.60. The summed E-state index contributed by atoms with van der Waals surface area (Å²) in [5.41, 5.74) is 6.52. The van der Waals surface area contributed by atoms with Gasteiger partial charge in [-0.25, -0.2) is 4.98 Å². The highest BCUT2D eigenvalue weighted by Gasteiger charge is 2.16. The summed E-state index contributed by atoms with van der Waals surface area (Å²) in [6, 6.07) is -0.685. The van der Waals surface area contributed by atoms with E-state index in [1.54, 1.807) is 36.5 Å². The zero-order valence-electron chi connectivity index (χ0n) is 10.1. The maximum Gasteiger partial charge on any atom is 0.241 e. The van der Waals surface area contributed by atoms with Crippen LogP contribution in [0.5, 0.6) is 0 Å². The van der Waals surface area contributed by atoms with Crippen LogP contribution in [0, 0.1) is 0 Å². The molecular weight excluding hydrogens is 232 g/mol. The molecule has 4 N–H and O–H groups in total. The number of imidazole rings is 1. The SMILES string of the molecule is Cn1cc(C(N)C(=O)NCCc2ncc[nH]2)cn1. The fourth-order valence-electron chi connectivity index (χ4n) is 1.60. The van der Waals surface area contributed by atoms with Crippen molar-refractivity contribution in [2.24, 2.45) is 12.8 Å². The molecule has 1 amide bonds. The van der Waals surface area contributed by atoms with Crippen molar-refractivity contribution in [3.8, 4) is 0 Å². The minimum Gasteiger partial charge on any atom is -0.354 e. The van der Waals surface area contributed by atoms with E-state index in [9.17, 15) is 4.79 Å². The lowest BCUT2D eigenvalue weighted by molar-refractivity contribution is -0.122. The predicted octanol–water partition coefficient (Wildman–Crippen LogP) is -0.498. The van der Waals surface area contributed by atoms with Crippen molar-refractivity contribution in [3.05, 3.63) is 36.2 Å². The Balaban J connectivity index is 1.81. The van der Waals surface area contributed by atoms with Gasteiger partial charge in [-0.05, 0) is 0 Å². The van der Waals surface area contributed by atoms with Crippen LogP contribution >= 0.6 is 0 Å². The van der Waals surface area contributed by atoms with Crippen molar-refractivity contribution in [3.63, 3.8) is 0 Å². The largest absolute Gasteiger partial charge is 0.354 e. The molecule has 0 aliphatic rings. The molecule has 0 aromatic carbocycles. The van der Waals surface area contributed by atoms with E-state index in [1.807, 2.05) is 0 Å². The van der Waals surface area contributed by atoms with Crippen LogP contribution in [-0.4, -0.2) is 32.2 Å². The molecule has 0 saturated heterocycles. The zero-order chi connectivity index (χ0) is 13.0. The van der Waals surface area contributed by atoms with Gasteiger partial charge in [0.1, 0.15) is 11.9 Å². The molecule has 0 aliphatic carbocycles. The maximum atomic E-state index is 11.8. The molecule has 7 heteroatoms. The van der Waals surface area contributed by atoms with Gasteiger partial charge in [0.15, 0.2) is 0 Å². The van der Waals surface area contributed by atoms with Gasteiger partial charge in [0.2, 0.25) is 5.91 Å². The molecule has 18 heavy (non-hydrogen) atoms. The Morgan fingerprint density at radius 3 is 3.11 bits per heavy atom. The van der Waals surface area contributed by atoms with Gasteiger partial charge < -0.3 is 16.0 Å². The second-order valence-corrected chi connectivity index (χ2v) is 4.00. The molecule has 1 unspecified atom stereocenters. The van der Waals surface area contributed by atoms with Crippen LogP contribution in [0.3, 0.4) is 0 Å². The number of nitrogens with zero attached hydrogens (tertiary/aromatic N) is 3. The molecule has 0 radical (unpaired) electrons. The predicted molar refractivity (Wildman–Crippen MR) is 65.4 cm³/mol. The summed E-state index contributed by atoms with van der Waals surface area (Å²) in [6.45, 7) is 0.500. The van der Waals surface area contributed by atoms with Crippen molar-refractivity contribution in [2.45, 2.75) is 12.5 Å². The van der Waals surface area contributed by atoms with Gasteiger partial charge in [-0.1, -0.05) is 0 Å². The second kappa shape index (κ2) is 5.46. The smallest absolute Gasteiger partial charge is 0.241 e. The van der Waals surface area contributed by atoms with E-state index in [1.165, 1.54) is 0 Å². The number of aryl methyl sites for hydroxylation is 1. The lowest BCUT2D eigenvalue weighted by Gasteiger charge is -2.09. The van der Waals surface area contributed by atoms with Gasteiger partial charge in [0.05, 0.1) is 6.20 Å². The van der Waals surface area contributed by atoms with Crippen molar-refractivity contribution in [1.29, 1.82) is 0 Å². The number of carbonyl (C=O) groups is 1. The normalized spacial score (nSPS) is 12.3. The molecule has 0 fully saturated rings. The molecule has 2 rings (SSSR count). The van der Waals surface area contributed by atoms with Crippen LogP contribution in [-0.2, 0) is 18.3 Å². The van der Waals surface area contributed by atoms with Gasteiger partial charge in [-0.3, -0.25) is 9.48 Å². The summed E-state index contributed by atoms with van der Waals surface area (Å²) < 4.78 is 1.62. The molecule has 2 aromatic rings. The minimum atomic E-state index is -0.685. The lowest BCUT2D eigenvalue weighted by Crippen LogP contribution is -2.35. The maximum absolute atomic E-state index is 11.8. The highest BCUT2D eigenvalue weighted by molar-refractivity contribution is 5.82. The second-order valence-electron chi connectivity index (χ2n) is 4.00. The quantitative estimate of drug-likeness (QED) is 0.664. The van der Waals surface area contributed by atoms with E-state index in [0.717, 1.165) is 5.82 Å². The molecular formula is C11H16N6O. The number of nitrogens with one attached hydrogen (secondary N) is 2. The first kappa shape index (κ1) is 12.3. The Bertz CT molecular complexity index is 503. The van der Waals surface area contributed by atoms with Gasteiger partial charge >= 0.3 is 0 Å². The average molecular weight is 248 g/mol. The van der Waals surface area contributed by atoms with E-state index in [4.69, 9.17) is 5.73 Å².